The molecule has 12 heteroatoms. The van der Waals surface area contributed by atoms with E-state index in [1.165, 1.54) is 47.4 Å². The molecule has 59 heavy (non-hydrogen) atoms. The van der Waals surface area contributed by atoms with Gasteiger partial charge in [0.15, 0.2) is 0 Å². The van der Waals surface area contributed by atoms with Crippen LogP contribution in [0.25, 0.3) is 10.9 Å². The Hall–Kier alpha value is -5.80. The van der Waals surface area contributed by atoms with Crippen LogP contribution in [-0.2, 0) is 16.1 Å². The number of aromatic amines is 1. The standard InChI is InChI=1S/C27H30N4O3.C15H20N4.C5H10O/c1-20(28)23-14-13-21(18-32)16-26(23)29-15-8-6-4-2-3-5-7-10-22-11-9-12-24-25(22)17-31(27(24)34)30-19-33;1-16-14-6-11-10(8-17-14)5-12(18-11)13-7-15(3-4-15)9-19(13)2;1-2-3-4-5-6/h9,11-14,16,18-19,28-29H,2-6,8,15,17H2,1H3,(H,30,33);5-6,8,13,18H,3-4,7,9H2,1-2H3,(H,16,17);5H,2-4H2,1H3. The number of hydrogen-bond acceptors (Lipinski definition) is 9. The summed E-state index contributed by atoms with van der Waals surface area (Å²) in [4.78, 5) is 54.0. The summed E-state index contributed by atoms with van der Waals surface area (Å²) in [6.45, 7) is 6.22. The summed E-state index contributed by atoms with van der Waals surface area (Å²) in [5.41, 5.74) is 10.6. The number of aldehydes is 2. The number of aromatic nitrogens is 2. The van der Waals surface area contributed by atoms with Crippen LogP contribution in [0.1, 0.15) is 140 Å². The van der Waals surface area contributed by atoms with Crippen molar-refractivity contribution in [3.63, 3.8) is 0 Å². The van der Waals surface area contributed by atoms with E-state index in [1.807, 2.05) is 31.4 Å². The molecule has 1 atom stereocenters. The molecule has 0 bridgehead atoms. The van der Waals surface area contributed by atoms with Gasteiger partial charge in [-0.05, 0) is 82.2 Å². The molecule has 1 spiro atoms. The Kier molecular flexibility index (Phi) is 16.4. The molecular weight excluding hydrogens is 741 g/mol. The van der Waals surface area contributed by atoms with Crippen LogP contribution >= 0.6 is 0 Å². The Morgan fingerprint density at radius 2 is 1.85 bits per heavy atom. The molecule has 2 amide bonds. The fourth-order valence-corrected chi connectivity index (χ4v) is 7.78. The third-order valence-corrected chi connectivity index (χ3v) is 11.3. The smallest absolute Gasteiger partial charge is 0.272 e. The molecule has 1 saturated carbocycles. The zero-order valence-electron chi connectivity index (χ0n) is 35.1. The van der Waals surface area contributed by atoms with Crippen LogP contribution in [-0.4, -0.2) is 77.7 Å². The second kappa shape index (κ2) is 21.8. The number of nitrogens with one attached hydrogen (secondary N) is 5. The molecule has 0 radical (unpaired) electrons. The summed E-state index contributed by atoms with van der Waals surface area (Å²) in [5.74, 6) is 7.11. The summed E-state index contributed by atoms with van der Waals surface area (Å²) >= 11 is 0. The number of hydrazine groups is 1. The van der Waals surface area contributed by atoms with Crippen molar-refractivity contribution in [2.24, 2.45) is 5.41 Å². The van der Waals surface area contributed by atoms with Gasteiger partial charge in [0, 0.05) is 95.5 Å². The van der Waals surface area contributed by atoms with Gasteiger partial charge >= 0.3 is 0 Å². The molecule has 2 fully saturated rings. The zero-order valence-corrected chi connectivity index (χ0v) is 35.1. The van der Waals surface area contributed by atoms with E-state index >= 15 is 0 Å². The van der Waals surface area contributed by atoms with Crippen molar-refractivity contribution in [2.75, 3.05) is 37.8 Å². The summed E-state index contributed by atoms with van der Waals surface area (Å²) in [6, 6.07) is 15.7. The molecule has 312 valence electrons. The van der Waals surface area contributed by atoms with E-state index in [2.05, 4.69) is 68.9 Å². The average molecular weight is 801 g/mol. The molecule has 5 N–H and O–H groups in total. The second-order valence-corrected chi connectivity index (χ2v) is 15.8. The monoisotopic (exact) mass is 800 g/mol. The number of amides is 2. The minimum Gasteiger partial charge on any atom is -0.384 e. The topological polar surface area (TPSA) is 163 Å². The molecule has 2 aromatic heterocycles. The van der Waals surface area contributed by atoms with Crippen LogP contribution in [0, 0.1) is 22.7 Å². The Balaban J connectivity index is 0.000000219. The maximum Gasteiger partial charge on any atom is 0.272 e. The number of carbonyl (C=O) groups excluding carboxylic acids is 4. The van der Waals surface area contributed by atoms with Crippen molar-refractivity contribution in [1.29, 1.82) is 5.41 Å². The molecule has 1 unspecified atom stereocenters. The number of benzene rings is 2. The summed E-state index contributed by atoms with van der Waals surface area (Å²) in [6.07, 6.45) is 17.4. The summed E-state index contributed by atoms with van der Waals surface area (Å²) < 4.78 is 0. The van der Waals surface area contributed by atoms with Gasteiger partial charge in [-0.2, -0.15) is 0 Å². The van der Waals surface area contributed by atoms with Gasteiger partial charge in [-0.3, -0.25) is 24.7 Å². The highest BCUT2D eigenvalue weighted by Gasteiger charge is 2.51. The van der Waals surface area contributed by atoms with Gasteiger partial charge in [-0.15, -0.1) is 0 Å². The lowest BCUT2D eigenvalue weighted by Crippen LogP contribution is -2.36. The maximum absolute atomic E-state index is 12.2. The number of fused-ring (bicyclic) bond motifs is 2. The Morgan fingerprint density at radius 3 is 2.53 bits per heavy atom. The van der Waals surface area contributed by atoms with Crippen molar-refractivity contribution in [2.45, 2.75) is 103 Å². The van der Waals surface area contributed by atoms with Crippen LogP contribution in [0.4, 0.5) is 11.5 Å². The number of unbranched alkanes of at least 4 members (excludes halogenated alkanes) is 7. The number of rotatable bonds is 17. The van der Waals surface area contributed by atoms with Crippen molar-refractivity contribution in [3.8, 4) is 11.8 Å². The quantitative estimate of drug-likeness (QED) is 0.0308. The Bertz CT molecular complexity index is 2150. The predicted molar refractivity (Wildman–Crippen MR) is 236 cm³/mol. The van der Waals surface area contributed by atoms with Crippen LogP contribution < -0.4 is 16.1 Å². The minimum absolute atomic E-state index is 0.208. The number of hydrogen-bond donors (Lipinski definition) is 5. The Labute approximate surface area is 348 Å². The number of H-pyrrole nitrogens is 1. The number of anilines is 2. The average Bonchev–Trinajstić information content (AvgIpc) is 3.55. The van der Waals surface area contributed by atoms with Gasteiger partial charge in [-0.1, -0.05) is 62.6 Å². The zero-order chi connectivity index (χ0) is 42.2. The van der Waals surface area contributed by atoms with E-state index in [0.29, 0.717) is 41.3 Å². The van der Waals surface area contributed by atoms with Crippen LogP contribution in [0.15, 0.2) is 54.7 Å². The first kappa shape index (κ1) is 44.3. The van der Waals surface area contributed by atoms with Gasteiger partial charge in [0.1, 0.15) is 18.4 Å². The molecule has 12 nitrogen and oxygen atoms in total. The van der Waals surface area contributed by atoms with Crippen molar-refractivity contribution < 1.29 is 19.2 Å². The molecule has 4 aromatic rings. The van der Waals surface area contributed by atoms with Gasteiger partial charge < -0.3 is 25.8 Å². The van der Waals surface area contributed by atoms with E-state index < -0.39 is 0 Å². The first-order chi connectivity index (χ1) is 28.6. The summed E-state index contributed by atoms with van der Waals surface area (Å²) in [5, 5.41) is 16.8. The molecule has 1 saturated heterocycles. The highest BCUT2D eigenvalue weighted by atomic mass is 16.2. The maximum atomic E-state index is 12.2. The molecule has 2 aliphatic heterocycles. The fourth-order valence-electron chi connectivity index (χ4n) is 7.78. The highest BCUT2D eigenvalue weighted by molar-refractivity contribution is 6.02. The van der Waals surface area contributed by atoms with Gasteiger partial charge in [0.2, 0.25) is 6.41 Å². The lowest BCUT2D eigenvalue weighted by Gasteiger charge is -2.17. The lowest BCUT2D eigenvalue weighted by molar-refractivity contribution is -0.113. The molecule has 2 aromatic carbocycles. The predicted octanol–water partition coefficient (Wildman–Crippen LogP) is 8.44. The minimum atomic E-state index is -0.208. The summed E-state index contributed by atoms with van der Waals surface area (Å²) in [7, 11) is 4.15. The lowest BCUT2D eigenvalue weighted by atomic mass is 10.0. The fraction of sp³-hybridized carbons (Fsp3) is 0.447. The van der Waals surface area contributed by atoms with Crippen molar-refractivity contribution in [3.05, 3.63) is 88.2 Å². The van der Waals surface area contributed by atoms with E-state index in [9.17, 15) is 19.2 Å². The van der Waals surface area contributed by atoms with E-state index in [1.54, 1.807) is 25.1 Å². The van der Waals surface area contributed by atoms with Crippen LogP contribution in [0.3, 0.4) is 0 Å². The van der Waals surface area contributed by atoms with Gasteiger partial charge in [0.05, 0.1) is 18.1 Å². The third-order valence-electron chi connectivity index (χ3n) is 11.3. The highest BCUT2D eigenvalue weighted by Crippen LogP contribution is 2.58. The second-order valence-electron chi connectivity index (χ2n) is 15.8. The molecule has 3 aliphatic rings. The van der Waals surface area contributed by atoms with E-state index in [4.69, 9.17) is 5.41 Å². The number of pyridine rings is 1. The molecule has 1 aliphatic carbocycles. The van der Waals surface area contributed by atoms with E-state index in [-0.39, 0.29) is 5.91 Å². The number of carbonyl (C=O) groups is 4. The Morgan fingerprint density at radius 1 is 1.05 bits per heavy atom. The number of nitrogens with zero attached hydrogens (tertiary/aromatic N) is 3. The SMILES string of the molecule is CC(=N)c1ccc(C=O)cc1NCCCCCCCC#Cc1cccc2c1CN(NC=O)C2=O.CCCCC=O.CNc1cc2[nH]c(C3CC4(CC4)CN3C)cc2cn1. The first-order valence-corrected chi connectivity index (χ1v) is 21.0. The normalized spacial score (nSPS) is 15.8. The van der Waals surface area contributed by atoms with Crippen LogP contribution in [0.5, 0.6) is 0 Å². The van der Waals surface area contributed by atoms with Gasteiger partial charge in [0.25, 0.3) is 5.91 Å². The van der Waals surface area contributed by atoms with Gasteiger partial charge in [-0.25, -0.2) is 9.99 Å². The largest absolute Gasteiger partial charge is 0.384 e. The number of likely N-dealkylation sites (tertiary alicyclic amines) is 1. The first-order valence-electron chi connectivity index (χ1n) is 21.0. The third kappa shape index (κ3) is 12.1. The van der Waals surface area contributed by atoms with E-state index in [0.717, 1.165) is 105 Å². The van der Waals surface area contributed by atoms with Crippen LogP contribution in [0.2, 0.25) is 0 Å². The molecule has 7 rings (SSSR count). The van der Waals surface area contributed by atoms with Crippen molar-refractivity contribution >= 4 is 53.0 Å². The van der Waals surface area contributed by atoms with Crippen molar-refractivity contribution in [1.82, 2.24) is 25.3 Å². The molecule has 4 heterocycles. The molecular formula is C47H60N8O4.